The van der Waals surface area contributed by atoms with Crippen molar-refractivity contribution in [1.29, 1.82) is 0 Å². The highest BCUT2D eigenvalue weighted by Crippen LogP contribution is 2.12. The molecule has 0 N–H and O–H groups in total. The molecule has 0 saturated carbocycles. The minimum Gasteiger partial charge on any atom is -0.386 e. The van der Waals surface area contributed by atoms with E-state index in [9.17, 15) is 9.59 Å². The first-order valence-electron chi connectivity index (χ1n) is 5.34. The van der Waals surface area contributed by atoms with E-state index in [2.05, 4.69) is 45.2 Å². The second-order valence-corrected chi connectivity index (χ2v) is 6.19. The Morgan fingerprint density at radius 1 is 0.789 bits per heavy atom. The fraction of sp³-hybridized carbons (Fsp3) is 0. The van der Waals surface area contributed by atoms with Crippen molar-refractivity contribution in [3.63, 3.8) is 0 Å². The Kier molecular flexibility index (Phi) is 4.92. The maximum atomic E-state index is 11.8. The summed E-state index contributed by atoms with van der Waals surface area (Å²) in [5, 5.41) is 0. The molecule has 0 aliphatic heterocycles. The fourth-order valence-corrected chi connectivity index (χ4v) is 2.52. The summed E-state index contributed by atoms with van der Waals surface area (Å²) in [6.45, 7) is 0. The largest absolute Gasteiger partial charge is 0.386 e. The van der Waals surface area contributed by atoms with Crippen LogP contribution >= 0.6 is 45.2 Å². The van der Waals surface area contributed by atoms with Crippen LogP contribution in [0.1, 0.15) is 20.7 Å². The zero-order valence-corrected chi connectivity index (χ0v) is 13.9. The number of rotatable bonds is 2. The highest BCUT2D eigenvalue weighted by atomic mass is 127. The van der Waals surface area contributed by atoms with Crippen LogP contribution in [0.25, 0.3) is 0 Å². The topological polar surface area (TPSA) is 43.4 Å². The van der Waals surface area contributed by atoms with E-state index in [1.54, 1.807) is 36.4 Å². The van der Waals surface area contributed by atoms with Crippen molar-refractivity contribution < 1.29 is 14.3 Å². The molecule has 0 radical (unpaired) electrons. The molecule has 96 valence electrons. The average molecular weight is 478 g/mol. The minimum absolute atomic E-state index is 0.367. The van der Waals surface area contributed by atoms with Crippen molar-refractivity contribution in [3.05, 3.63) is 66.8 Å². The number of carbonyl (C=O) groups excluding carboxylic acids is 2. The number of ether oxygens (including phenoxy) is 1. The second-order valence-electron chi connectivity index (χ2n) is 3.70. The summed E-state index contributed by atoms with van der Waals surface area (Å²) in [5.41, 5.74) is 0.733. The Labute approximate surface area is 137 Å². The first kappa shape index (κ1) is 14.4. The SMILES string of the molecule is O=C(OC(=O)c1cccc(I)c1)c1cccc(I)c1. The molecule has 3 nitrogen and oxygen atoms in total. The van der Waals surface area contributed by atoms with Crippen LogP contribution in [0.2, 0.25) is 0 Å². The molecule has 0 atom stereocenters. The van der Waals surface area contributed by atoms with Gasteiger partial charge in [0.05, 0.1) is 11.1 Å². The molecule has 2 aromatic rings. The van der Waals surface area contributed by atoms with Crippen molar-refractivity contribution in [1.82, 2.24) is 0 Å². The van der Waals surface area contributed by atoms with Gasteiger partial charge in [-0.05, 0) is 81.6 Å². The van der Waals surface area contributed by atoms with Crippen molar-refractivity contribution in [2.45, 2.75) is 0 Å². The number of hydrogen-bond acceptors (Lipinski definition) is 3. The Hall–Kier alpha value is -0.960. The smallest absolute Gasteiger partial charge is 0.346 e. The lowest BCUT2D eigenvalue weighted by molar-refractivity contribution is 0.0397. The number of halogens is 2. The van der Waals surface area contributed by atoms with Gasteiger partial charge in [0.25, 0.3) is 0 Å². The van der Waals surface area contributed by atoms with Crippen LogP contribution in [0.15, 0.2) is 48.5 Å². The van der Waals surface area contributed by atoms with Crippen molar-refractivity contribution in [2.24, 2.45) is 0 Å². The van der Waals surface area contributed by atoms with Crippen LogP contribution in [0.5, 0.6) is 0 Å². The molecule has 0 heterocycles. The molecule has 0 aromatic heterocycles. The predicted molar refractivity (Wildman–Crippen MR) is 88.1 cm³/mol. The van der Waals surface area contributed by atoms with E-state index in [1.807, 2.05) is 12.1 Å². The maximum absolute atomic E-state index is 11.8. The molecular formula is C14H8I2O3. The van der Waals surface area contributed by atoms with Crippen LogP contribution in [-0.2, 0) is 4.74 Å². The molecule has 0 fully saturated rings. The predicted octanol–water partition coefficient (Wildman–Crippen LogP) is 3.89. The first-order chi connectivity index (χ1) is 9.06. The van der Waals surface area contributed by atoms with Gasteiger partial charge in [-0.1, -0.05) is 12.1 Å². The normalized spacial score (nSPS) is 10.0. The highest BCUT2D eigenvalue weighted by molar-refractivity contribution is 14.1. The van der Waals surface area contributed by atoms with E-state index < -0.39 is 11.9 Å². The van der Waals surface area contributed by atoms with E-state index in [1.165, 1.54) is 0 Å². The molecule has 19 heavy (non-hydrogen) atoms. The summed E-state index contributed by atoms with van der Waals surface area (Å²) in [5.74, 6) is -1.27. The molecule has 0 amide bonds. The molecule has 0 bridgehead atoms. The van der Waals surface area contributed by atoms with Crippen LogP contribution in [0.4, 0.5) is 0 Å². The Morgan fingerprint density at radius 3 is 1.58 bits per heavy atom. The number of esters is 2. The lowest BCUT2D eigenvalue weighted by Crippen LogP contribution is -2.13. The fourth-order valence-electron chi connectivity index (χ4n) is 1.43. The van der Waals surface area contributed by atoms with E-state index in [4.69, 9.17) is 4.74 Å². The molecule has 0 aliphatic rings. The van der Waals surface area contributed by atoms with E-state index in [-0.39, 0.29) is 0 Å². The van der Waals surface area contributed by atoms with Crippen molar-refractivity contribution in [3.8, 4) is 0 Å². The maximum Gasteiger partial charge on any atom is 0.346 e. The summed E-state index contributed by atoms with van der Waals surface area (Å²) in [6, 6.07) is 13.8. The van der Waals surface area contributed by atoms with Gasteiger partial charge < -0.3 is 4.74 Å². The molecule has 2 aromatic carbocycles. The summed E-state index contributed by atoms with van der Waals surface area (Å²) < 4.78 is 6.67. The zero-order valence-electron chi connectivity index (χ0n) is 9.60. The van der Waals surface area contributed by atoms with Gasteiger partial charge in [-0.3, -0.25) is 0 Å². The van der Waals surface area contributed by atoms with Crippen LogP contribution < -0.4 is 0 Å². The third-order valence-electron chi connectivity index (χ3n) is 2.31. The Morgan fingerprint density at radius 2 is 1.21 bits per heavy atom. The van der Waals surface area contributed by atoms with Gasteiger partial charge in [-0.2, -0.15) is 0 Å². The molecule has 0 aliphatic carbocycles. The first-order valence-corrected chi connectivity index (χ1v) is 7.49. The van der Waals surface area contributed by atoms with E-state index in [0.29, 0.717) is 11.1 Å². The monoisotopic (exact) mass is 478 g/mol. The third-order valence-corrected chi connectivity index (χ3v) is 3.65. The summed E-state index contributed by atoms with van der Waals surface area (Å²) in [6.07, 6.45) is 0. The molecule has 0 saturated heterocycles. The Balaban J connectivity index is 2.13. The van der Waals surface area contributed by atoms with Gasteiger partial charge in [0, 0.05) is 7.14 Å². The molecule has 0 unspecified atom stereocenters. The standard InChI is InChI=1S/C14H8I2O3/c15-11-5-1-3-9(7-11)13(17)19-14(18)10-4-2-6-12(16)8-10/h1-8H. The number of carbonyl (C=O) groups is 2. The van der Waals surface area contributed by atoms with Crippen molar-refractivity contribution in [2.75, 3.05) is 0 Å². The Bertz CT molecular complexity index is 583. The van der Waals surface area contributed by atoms with Crippen LogP contribution in [-0.4, -0.2) is 11.9 Å². The van der Waals surface area contributed by atoms with Crippen LogP contribution in [0, 0.1) is 7.14 Å². The average Bonchev–Trinajstić information content (AvgIpc) is 2.38. The summed E-state index contributed by atoms with van der Waals surface area (Å²) >= 11 is 4.19. The van der Waals surface area contributed by atoms with Gasteiger partial charge in [0.2, 0.25) is 0 Å². The summed E-state index contributed by atoms with van der Waals surface area (Å²) in [4.78, 5) is 23.6. The third kappa shape index (κ3) is 4.00. The van der Waals surface area contributed by atoms with Gasteiger partial charge in [0.1, 0.15) is 0 Å². The second kappa shape index (κ2) is 6.47. The number of benzene rings is 2. The lowest BCUT2D eigenvalue weighted by Gasteiger charge is -2.04. The quantitative estimate of drug-likeness (QED) is 0.374. The van der Waals surface area contributed by atoms with Gasteiger partial charge in [-0.15, -0.1) is 0 Å². The lowest BCUT2D eigenvalue weighted by atomic mass is 10.2. The van der Waals surface area contributed by atoms with E-state index >= 15 is 0 Å². The summed E-state index contributed by atoms with van der Waals surface area (Å²) in [7, 11) is 0. The minimum atomic E-state index is -0.637. The molecule has 0 spiro atoms. The highest BCUT2D eigenvalue weighted by Gasteiger charge is 2.15. The molecule has 2 rings (SSSR count). The molecular weight excluding hydrogens is 470 g/mol. The molecule has 5 heteroatoms. The van der Waals surface area contributed by atoms with E-state index in [0.717, 1.165) is 7.14 Å². The van der Waals surface area contributed by atoms with Gasteiger partial charge in [-0.25, -0.2) is 9.59 Å². The van der Waals surface area contributed by atoms with Crippen molar-refractivity contribution >= 4 is 57.1 Å². The van der Waals surface area contributed by atoms with Crippen LogP contribution in [0.3, 0.4) is 0 Å². The zero-order chi connectivity index (χ0) is 13.8. The van der Waals surface area contributed by atoms with Gasteiger partial charge >= 0.3 is 11.9 Å². The van der Waals surface area contributed by atoms with Gasteiger partial charge in [0.15, 0.2) is 0 Å². The number of hydrogen-bond donors (Lipinski definition) is 0.